The van der Waals surface area contributed by atoms with Crippen LogP contribution in [0.25, 0.3) is 0 Å². The lowest BCUT2D eigenvalue weighted by Gasteiger charge is -2.22. The van der Waals surface area contributed by atoms with Crippen LogP contribution in [0.1, 0.15) is 45.3 Å². The third-order valence-electron chi connectivity index (χ3n) is 3.92. The lowest BCUT2D eigenvalue weighted by atomic mass is 10.1. The summed E-state index contributed by atoms with van der Waals surface area (Å²) in [6.07, 6.45) is 3.89. The number of hydrogen-bond donors (Lipinski definition) is 2. The average Bonchev–Trinajstić information content (AvgIpc) is 3.03. The molecule has 1 aliphatic heterocycles. The minimum absolute atomic E-state index is 0.0182. The summed E-state index contributed by atoms with van der Waals surface area (Å²) < 4.78 is 29.6. The van der Waals surface area contributed by atoms with Gasteiger partial charge in [-0.3, -0.25) is 0 Å². The summed E-state index contributed by atoms with van der Waals surface area (Å²) in [5.41, 5.74) is 6.54. The molecular formula is C14H25N3O2S2. The van der Waals surface area contributed by atoms with E-state index in [9.17, 15) is 8.42 Å². The van der Waals surface area contributed by atoms with E-state index in [1.807, 2.05) is 30.2 Å². The van der Waals surface area contributed by atoms with Crippen molar-refractivity contribution in [1.29, 1.82) is 0 Å². The molecule has 2 heterocycles. The van der Waals surface area contributed by atoms with E-state index in [1.165, 1.54) is 0 Å². The topological polar surface area (TPSA) is 77.1 Å². The zero-order chi connectivity index (χ0) is 15.7. The third kappa shape index (κ3) is 3.83. The third-order valence-corrected chi connectivity index (χ3v) is 6.83. The molecule has 1 aliphatic rings. The van der Waals surface area contributed by atoms with Crippen molar-refractivity contribution in [2.24, 2.45) is 5.73 Å². The highest BCUT2D eigenvalue weighted by molar-refractivity contribution is 8.01. The second kappa shape index (κ2) is 6.32. The van der Waals surface area contributed by atoms with Crippen LogP contribution in [0.5, 0.6) is 0 Å². The van der Waals surface area contributed by atoms with Crippen molar-refractivity contribution < 1.29 is 8.42 Å². The van der Waals surface area contributed by atoms with Crippen molar-refractivity contribution in [1.82, 2.24) is 9.29 Å². The highest BCUT2D eigenvalue weighted by atomic mass is 32.2. The Labute approximate surface area is 131 Å². The molecule has 0 radical (unpaired) electrons. The lowest BCUT2D eigenvalue weighted by molar-refractivity contribution is 0.550. The van der Waals surface area contributed by atoms with Crippen molar-refractivity contribution in [2.45, 2.75) is 55.8 Å². The SMILES string of the molecule is CC(C)n1cc(S(=O)(=O)NCC2(C)CCCS2)cc1CN. The Hall–Kier alpha value is -0.500. The van der Waals surface area contributed by atoms with Gasteiger partial charge in [0.05, 0.1) is 4.90 Å². The number of sulfonamides is 1. The van der Waals surface area contributed by atoms with E-state index in [-0.39, 0.29) is 10.8 Å². The van der Waals surface area contributed by atoms with Crippen LogP contribution in [0.2, 0.25) is 0 Å². The summed E-state index contributed by atoms with van der Waals surface area (Å²) >= 11 is 1.85. The molecule has 2 rings (SSSR count). The largest absolute Gasteiger partial charge is 0.346 e. The molecule has 5 nitrogen and oxygen atoms in total. The first-order chi connectivity index (χ1) is 9.77. The second-order valence-electron chi connectivity index (χ2n) is 6.10. The van der Waals surface area contributed by atoms with Gasteiger partial charge in [0.1, 0.15) is 0 Å². The Morgan fingerprint density at radius 1 is 1.52 bits per heavy atom. The smallest absolute Gasteiger partial charge is 0.242 e. The van der Waals surface area contributed by atoms with Crippen molar-refractivity contribution in [2.75, 3.05) is 12.3 Å². The molecule has 1 saturated heterocycles. The van der Waals surface area contributed by atoms with Gasteiger partial charge in [0.2, 0.25) is 10.0 Å². The summed E-state index contributed by atoms with van der Waals surface area (Å²) in [6.45, 7) is 6.96. The van der Waals surface area contributed by atoms with Crippen LogP contribution in [0.15, 0.2) is 17.2 Å². The molecule has 1 aromatic heterocycles. The van der Waals surface area contributed by atoms with Crippen LogP contribution in [-0.4, -0.2) is 30.0 Å². The molecule has 0 saturated carbocycles. The van der Waals surface area contributed by atoms with Crippen LogP contribution in [0, 0.1) is 0 Å². The van der Waals surface area contributed by atoms with Gasteiger partial charge in [-0.15, -0.1) is 0 Å². The predicted molar refractivity (Wildman–Crippen MR) is 88.0 cm³/mol. The number of rotatable bonds is 6. The molecule has 0 aliphatic carbocycles. The molecule has 3 N–H and O–H groups in total. The summed E-state index contributed by atoms with van der Waals surface area (Å²) in [6, 6.07) is 1.86. The van der Waals surface area contributed by atoms with Crippen molar-refractivity contribution in [3.8, 4) is 0 Å². The van der Waals surface area contributed by atoms with E-state index < -0.39 is 10.0 Å². The normalized spacial score (nSPS) is 23.1. The maximum absolute atomic E-state index is 12.5. The summed E-state index contributed by atoms with van der Waals surface area (Å²) in [7, 11) is -3.47. The second-order valence-corrected chi connectivity index (χ2v) is 9.55. The number of aromatic nitrogens is 1. The number of nitrogens with zero attached hydrogens (tertiary/aromatic N) is 1. The zero-order valence-electron chi connectivity index (χ0n) is 12.9. The van der Waals surface area contributed by atoms with Crippen molar-refractivity contribution in [3.05, 3.63) is 18.0 Å². The Balaban J connectivity index is 2.15. The molecule has 1 fully saturated rings. The lowest BCUT2D eigenvalue weighted by Crippen LogP contribution is -2.36. The van der Waals surface area contributed by atoms with E-state index in [0.717, 1.165) is 24.3 Å². The molecule has 0 spiro atoms. The molecule has 0 aromatic carbocycles. The Morgan fingerprint density at radius 2 is 2.24 bits per heavy atom. The van der Waals surface area contributed by atoms with Gasteiger partial charge in [0.25, 0.3) is 0 Å². The minimum atomic E-state index is -3.47. The van der Waals surface area contributed by atoms with Gasteiger partial charge in [-0.1, -0.05) is 0 Å². The van der Waals surface area contributed by atoms with E-state index in [2.05, 4.69) is 11.6 Å². The van der Waals surface area contributed by atoms with Gasteiger partial charge < -0.3 is 10.3 Å². The van der Waals surface area contributed by atoms with Crippen LogP contribution < -0.4 is 10.5 Å². The van der Waals surface area contributed by atoms with Gasteiger partial charge in [-0.05, 0) is 45.4 Å². The highest BCUT2D eigenvalue weighted by Crippen LogP contribution is 2.37. The van der Waals surface area contributed by atoms with Crippen molar-refractivity contribution >= 4 is 21.8 Å². The fourth-order valence-corrected chi connectivity index (χ4v) is 5.15. The monoisotopic (exact) mass is 331 g/mol. The molecule has 1 unspecified atom stereocenters. The van der Waals surface area contributed by atoms with Crippen molar-refractivity contribution in [3.63, 3.8) is 0 Å². The summed E-state index contributed by atoms with van der Waals surface area (Å²) in [4.78, 5) is 0.309. The maximum atomic E-state index is 12.5. The van der Waals surface area contributed by atoms with Crippen LogP contribution in [0.3, 0.4) is 0 Å². The van der Waals surface area contributed by atoms with Gasteiger partial charge in [0, 0.05) is 35.8 Å². The number of hydrogen-bond acceptors (Lipinski definition) is 4. The molecule has 7 heteroatoms. The van der Waals surface area contributed by atoms with E-state index in [0.29, 0.717) is 18.0 Å². The average molecular weight is 332 g/mol. The molecule has 0 amide bonds. The van der Waals surface area contributed by atoms with Gasteiger partial charge in [0.15, 0.2) is 0 Å². The minimum Gasteiger partial charge on any atom is -0.346 e. The number of nitrogens with two attached hydrogens (primary N) is 1. The molecular weight excluding hydrogens is 306 g/mol. The first-order valence-corrected chi connectivity index (χ1v) is 9.79. The first kappa shape index (κ1) is 16.9. The van der Waals surface area contributed by atoms with Crippen LogP contribution in [0.4, 0.5) is 0 Å². The summed E-state index contributed by atoms with van der Waals surface area (Å²) in [5.74, 6) is 1.11. The molecule has 1 atom stereocenters. The predicted octanol–water partition coefficient (Wildman–Crippen LogP) is 2.09. The van der Waals surface area contributed by atoms with Crippen LogP contribution >= 0.6 is 11.8 Å². The fourth-order valence-electron chi connectivity index (χ4n) is 2.60. The highest BCUT2D eigenvalue weighted by Gasteiger charge is 2.31. The van der Waals surface area contributed by atoms with Gasteiger partial charge >= 0.3 is 0 Å². The maximum Gasteiger partial charge on any atom is 0.242 e. The standard InChI is InChI=1S/C14H25N3O2S2/c1-11(2)17-9-13(7-12(17)8-15)21(18,19)16-10-14(3)5-4-6-20-14/h7,9,11,16H,4-6,8,10,15H2,1-3H3. The molecule has 1 aromatic rings. The molecule has 120 valence electrons. The van der Waals surface area contributed by atoms with Gasteiger partial charge in [-0.2, -0.15) is 11.8 Å². The Kier molecular flexibility index (Phi) is 5.07. The Morgan fingerprint density at radius 3 is 2.71 bits per heavy atom. The first-order valence-electron chi connectivity index (χ1n) is 7.32. The van der Waals surface area contributed by atoms with E-state index >= 15 is 0 Å². The molecule has 21 heavy (non-hydrogen) atoms. The van der Waals surface area contributed by atoms with Gasteiger partial charge in [-0.25, -0.2) is 13.1 Å². The number of thioether (sulfide) groups is 1. The Bertz CT molecular complexity index is 587. The summed E-state index contributed by atoms with van der Waals surface area (Å²) in [5, 5.41) is 0. The molecule has 0 bridgehead atoms. The van der Waals surface area contributed by atoms with E-state index in [1.54, 1.807) is 12.3 Å². The zero-order valence-corrected chi connectivity index (χ0v) is 14.6. The van der Waals surface area contributed by atoms with Crippen LogP contribution in [-0.2, 0) is 16.6 Å². The quantitative estimate of drug-likeness (QED) is 0.837. The van der Waals surface area contributed by atoms with E-state index in [4.69, 9.17) is 5.73 Å². The fraction of sp³-hybridized carbons (Fsp3) is 0.714. The number of nitrogens with one attached hydrogen (secondary N) is 1.